The first-order chi connectivity index (χ1) is 14.4. The number of benzene rings is 3. The molecule has 5 heteroatoms. The van der Waals surface area contributed by atoms with Crippen molar-refractivity contribution in [1.29, 1.82) is 0 Å². The molecule has 1 amide bonds. The number of phenols is 1. The standard InChI is InChI=1S/C25H27NO4/c1-5-22(30-23-12-11-16(2)13-18(23)4)25(28)26-20-15-21(27)17(3)14-24(20)29-19-9-7-6-8-10-19/h6-15,22,27H,5H2,1-4H3,(H,26,28). The Balaban J connectivity index is 1.82. The molecule has 0 aliphatic heterocycles. The van der Waals surface area contributed by atoms with Gasteiger partial charge in [0.25, 0.3) is 5.91 Å². The van der Waals surface area contributed by atoms with Crippen molar-refractivity contribution in [2.75, 3.05) is 5.32 Å². The minimum absolute atomic E-state index is 0.0778. The van der Waals surface area contributed by atoms with E-state index in [9.17, 15) is 9.90 Å². The van der Waals surface area contributed by atoms with E-state index in [0.29, 0.717) is 34.9 Å². The Morgan fingerprint density at radius 1 is 0.967 bits per heavy atom. The van der Waals surface area contributed by atoms with E-state index >= 15 is 0 Å². The lowest BCUT2D eigenvalue weighted by Crippen LogP contribution is -2.32. The molecule has 0 fully saturated rings. The van der Waals surface area contributed by atoms with Gasteiger partial charge in [-0.25, -0.2) is 0 Å². The number of anilines is 1. The van der Waals surface area contributed by atoms with Crippen LogP contribution in [-0.2, 0) is 4.79 Å². The quantitative estimate of drug-likeness (QED) is 0.513. The van der Waals surface area contributed by atoms with Crippen molar-refractivity contribution in [2.24, 2.45) is 0 Å². The SMILES string of the molecule is CCC(Oc1ccc(C)cc1C)C(=O)Nc1cc(O)c(C)cc1Oc1ccccc1. The molecule has 3 aromatic carbocycles. The maximum Gasteiger partial charge on any atom is 0.265 e. The van der Waals surface area contributed by atoms with Crippen LogP contribution >= 0.6 is 0 Å². The van der Waals surface area contributed by atoms with E-state index in [1.54, 1.807) is 13.0 Å². The number of carbonyl (C=O) groups excluding carboxylic acids is 1. The van der Waals surface area contributed by atoms with Crippen LogP contribution in [-0.4, -0.2) is 17.1 Å². The zero-order chi connectivity index (χ0) is 21.7. The number of carbonyl (C=O) groups is 1. The lowest BCUT2D eigenvalue weighted by atomic mass is 10.1. The maximum absolute atomic E-state index is 13.0. The predicted octanol–water partition coefficient (Wildman–Crippen LogP) is 5.91. The fourth-order valence-electron chi connectivity index (χ4n) is 3.09. The van der Waals surface area contributed by atoms with Crippen LogP contribution in [0.15, 0.2) is 60.7 Å². The fourth-order valence-corrected chi connectivity index (χ4v) is 3.09. The summed E-state index contributed by atoms with van der Waals surface area (Å²) in [6.45, 7) is 7.63. The molecule has 1 atom stereocenters. The maximum atomic E-state index is 13.0. The summed E-state index contributed by atoms with van der Waals surface area (Å²) in [5, 5.41) is 13.0. The molecular formula is C25H27NO4. The van der Waals surface area contributed by atoms with Crippen molar-refractivity contribution in [3.05, 3.63) is 77.4 Å². The van der Waals surface area contributed by atoms with Crippen molar-refractivity contribution in [3.8, 4) is 23.0 Å². The molecule has 0 spiro atoms. The van der Waals surface area contributed by atoms with Crippen molar-refractivity contribution in [2.45, 2.75) is 40.2 Å². The summed E-state index contributed by atoms with van der Waals surface area (Å²) in [5.41, 5.74) is 3.14. The second-order valence-corrected chi connectivity index (χ2v) is 7.32. The molecule has 0 saturated carbocycles. The number of aryl methyl sites for hydroxylation is 3. The Morgan fingerprint density at radius 2 is 1.70 bits per heavy atom. The summed E-state index contributed by atoms with van der Waals surface area (Å²) in [6, 6.07) is 18.3. The van der Waals surface area contributed by atoms with Crippen molar-refractivity contribution >= 4 is 11.6 Å². The van der Waals surface area contributed by atoms with E-state index in [4.69, 9.17) is 9.47 Å². The number of ether oxygens (including phenoxy) is 2. The van der Waals surface area contributed by atoms with Crippen molar-refractivity contribution in [3.63, 3.8) is 0 Å². The van der Waals surface area contributed by atoms with E-state index in [-0.39, 0.29) is 11.7 Å². The van der Waals surface area contributed by atoms with Gasteiger partial charge in [-0.05, 0) is 62.6 Å². The number of phenolic OH excluding ortho intramolecular Hbond substituents is 1. The molecule has 3 aromatic rings. The molecule has 5 nitrogen and oxygen atoms in total. The zero-order valence-electron chi connectivity index (χ0n) is 17.7. The molecule has 30 heavy (non-hydrogen) atoms. The second kappa shape index (κ2) is 9.35. The number of nitrogens with one attached hydrogen (secondary N) is 1. The Morgan fingerprint density at radius 3 is 2.37 bits per heavy atom. The van der Waals surface area contributed by atoms with E-state index in [1.165, 1.54) is 6.07 Å². The molecule has 2 N–H and O–H groups in total. The highest BCUT2D eigenvalue weighted by Crippen LogP contribution is 2.35. The average molecular weight is 405 g/mol. The van der Waals surface area contributed by atoms with Gasteiger partial charge in [0.1, 0.15) is 17.2 Å². The number of rotatable bonds is 7. The van der Waals surface area contributed by atoms with Crippen molar-refractivity contribution in [1.82, 2.24) is 0 Å². The molecule has 0 radical (unpaired) electrons. The zero-order valence-corrected chi connectivity index (χ0v) is 17.7. The monoisotopic (exact) mass is 405 g/mol. The van der Waals surface area contributed by atoms with Gasteiger partial charge in [0, 0.05) is 6.07 Å². The van der Waals surface area contributed by atoms with Gasteiger partial charge in [-0.2, -0.15) is 0 Å². The topological polar surface area (TPSA) is 67.8 Å². The largest absolute Gasteiger partial charge is 0.508 e. The summed E-state index contributed by atoms with van der Waals surface area (Å²) < 4.78 is 11.9. The normalized spacial score (nSPS) is 11.6. The highest BCUT2D eigenvalue weighted by molar-refractivity contribution is 5.96. The first-order valence-corrected chi connectivity index (χ1v) is 9.98. The Labute approximate surface area is 177 Å². The molecule has 0 heterocycles. The summed E-state index contributed by atoms with van der Waals surface area (Å²) in [5.74, 6) is 1.53. The Kier molecular flexibility index (Phi) is 6.62. The van der Waals surface area contributed by atoms with Gasteiger partial charge in [-0.15, -0.1) is 0 Å². The number of hydrogen-bond acceptors (Lipinski definition) is 4. The van der Waals surface area contributed by atoms with E-state index in [2.05, 4.69) is 5.32 Å². The van der Waals surface area contributed by atoms with Crippen LogP contribution < -0.4 is 14.8 Å². The third-order valence-electron chi connectivity index (χ3n) is 4.79. The van der Waals surface area contributed by atoms with Gasteiger partial charge in [0.15, 0.2) is 11.9 Å². The molecular weight excluding hydrogens is 378 g/mol. The molecule has 0 aliphatic rings. The minimum atomic E-state index is -0.681. The smallest absolute Gasteiger partial charge is 0.265 e. The number of para-hydroxylation sites is 1. The summed E-state index contributed by atoms with van der Waals surface area (Å²) in [7, 11) is 0. The lowest BCUT2D eigenvalue weighted by Gasteiger charge is -2.20. The summed E-state index contributed by atoms with van der Waals surface area (Å²) in [4.78, 5) is 13.0. The van der Waals surface area contributed by atoms with Crippen LogP contribution in [0.5, 0.6) is 23.0 Å². The molecule has 1 unspecified atom stereocenters. The van der Waals surface area contributed by atoms with Crippen LogP contribution in [0.25, 0.3) is 0 Å². The van der Waals surface area contributed by atoms with E-state index < -0.39 is 6.10 Å². The van der Waals surface area contributed by atoms with Crippen LogP contribution in [0.3, 0.4) is 0 Å². The Hall–Kier alpha value is -3.47. The number of aromatic hydroxyl groups is 1. The molecule has 3 rings (SSSR count). The van der Waals surface area contributed by atoms with Crippen LogP contribution in [0.4, 0.5) is 5.69 Å². The predicted molar refractivity (Wildman–Crippen MR) is 119 cm³/mol. The van der Waals surface area contributed by atoms with E-state index in [1.807, 2.05) is 69.3 Å². The molecule has 0 aromatic heterocycles. The van der Waals surface area contributed by atoms with Crippen molar-refractivity contribution < 1.29 is 19.4 Å². The van der Waals surface area contributed by atoms with Gasteiger partial charge in [0.05, 0.1) is 5.69 Å². The fraction of sp³-hybridized carbons (Fsp3) is 0.240. The van der Waals surface area contributed by atoms with Crippen LogP contribution in [0.1, 0.15) is 30.0 Å². The first-order valence-electron chi connectivity index (χ1n) is 9.98. The molecule has 0 saturated heterocycles. The first kappa shape index (κ1) is 21.2. The second-order valence-electron chi connectivity index (χ2n) is 7.32. The van der Waals surface area contributed by atoms with Gasteiger partial charge in [-0.1, -0.05) is 42.8 Å². The van der Waals surface area contributed by atoms with Crippen LogP contribution in [0, 0.1) is 20.8 Å². The van der Waals surface area contributed by atoms with Crippen LogP contribution in [0.2, 0.25) is 0 Å². The molecule has 0 bridgehead atoms. The van der Waals surface area contributed by atoms with Gasteiger partial charge >= 0.3 is 0 Å². The van der Waals surface area contributed by atoms with Gasteiger partial charge in [-0.3, -0.25) is 4.79 Å². The summed E-state index contributed by atoms with van der Waals surface area (Å²) >= 11 is 0. The Bertz CT molecular complexity index is 1030. The highest BCUT2D eigenvalue weighted by atomic mass is 16.5. The van der Waals surface area contributed by atoms with Gasteiger partial charge < -0.3 is 19.9 Å². The highest BCUT2D eigenvalue weighted by Gasteiger charge is 2.21. The third kappa shape index (κ3) is 5.11. The number of hydrogen-bond donors (Lipinski definition) is 2. The summed E-state index contributed by atoms with van der Waals surface area (Å²) in [6.07, 6.45) is -0.189. The van der Waals surface area contributed by atoms with E-state index in [0.717, 1.165) is 11.1 Å². The average Bonchev–Trinajstić information content (AvgIpc) is 2.72. The lowest BCUT2D eigenvalue weighted by molar-refractivity contribution is -0.122. The minimum Gasteiger partial charge on any atom is -0.508 e. The molecule has 0 aliphatic carbocycles. The number of amides is 1. The third-order valence-corrected chi connectivity index (χ3v) is 4.79. The van der Waals surface area contributed by atoms with Gasteiger partial charge in [0.2, 0.25) is 0 Å². The molecule has 156 valence electrons.